The van der Waals surface area contributed by atoms with Gasteiger partial charge in [-0.3, -0.25) is 0 Å². The minimum Gasteiger partial charge on any atom is -0.396 e. The Labute approximate surface area is 68.4 Å². The molecule has 3 aliphatic rings. The van der Waals surface area contributed by atoms with Crippen LogP contribution in [0.1, 0.15) is 12.8 Å². The molecule has 2 heteroatoms. The van der Waals surface area contributed by atoms with Gasteiger partial charge in [0.15, 0.2) is 0 Å². The van der Waals surface area contributed by atoms with E-state index in [0.29, 0.717) is 12.5 Å². The lowest BCUT2D eigenvalue weighted by Crippen LogP contribution is -2.59. The van der Waals surface area contributed by atoms with Gasteiger partial charge < -0.3 is 9.59 Å². The van der Waals surface area contributed by atoms with Crippen LogP contribution in [0.3, 0.4) is 0 Å². The summed E-state index contributed by atoms with van der Waals surface area (Å²) in [5, 5.41) is 9.12. The van der Waals surface area contributed by atoms with Crippen LogP contribution in [0.15, 0.2) is 0 Å². The third kappa shape index (κ3) is 1.18. The zero-order valence-corrected chi connectivity index (χ0v) is 7.29. The van der Waals surface area contributed by atoms with Crippen molar-refractivity contribution in [1.29, 1.82) is 0 Å². The second-order valence-electron chi connectivity index (χ2n) is 4.53. The topological polar surface area (TPSA) is 20.2 Å². The summed E-state index contributed by atoms with van der Waals surface area (Å²) in [4.78, 5) is 0. The first kappa shape index (κ1) is 7.56. The molecule has 1 N–H and O–H groups in total. The van der Waals surface area contributed by atoms with Crippen LogP contribution in [0.5, 0.6) is 0 Å². The molecular weight excluding hydrogens is 138 g/mol. The van der Waals surface area contributed by atoms with Gasteiger partial charge in [-0.05, 0) is 5.92 Å². The zero-order chi connectivity index (χ0) is 7.90. The minimum atomic E-state index is 0.415. The maximum Gasteiger partial charge on any atom is 0.0838 e. The van der Waals surface area contributed by atoms with E-state index in [1.165, 1.54) is 37.0 Å². The average molecular weight is 156 g/mol. The first-order chi connectivity index (χ1) is 5.23. The van der Waals surface area contributed by atoms with Gasteiger partial charge in [0.1, 0.15) is 0 Å². The highest BCUT2D eigenvalue weighted by Crippen LogP contribution is 2.35. The van der Waals surface area contributed by atoms with Gasteiger partial charge in [0.25, 0.3) is 0 Å². The number of fused-ring (bicyclic) bond motifs is 3. The van der Waals surface area contributed by atoms with E-state index in [4.69, 9.17) is 5.11 Å². The molecule has 0 amide bonds. The van der Waals surface area contributed by atoms with Gasteiger partial charge >= 0.3 is 0 Å². The molecule has 3 heterocycles. The van der Waals surface area contributed by atoms with Crippen LogP contribution in [0.2, 0.25) is 0 Å². The van der Waals surface area contributed by atoms with Crippen molar-refractivity contribution < 1.29 is 9.59 Å². The van der Waals surface area contributed by atoms with Crippen molar-refractivity contribution in [2.45, 2.75) is 12.8 Å². The third-order valence-electron chi connectivity index (χ3n) is 3.66. The van der Waals surface area contributed by atoms with Gasteiger partial charge in [0.05, 0.1) is 33.3 Å². The summed E-state index contributed by atoms with van der Waals surface area (Å²) in [7, 11) is 2.33. The van der Waals surface area contributed by atoms with Crippen molar-refractivity contribution >= 4 is 0 Å². The second-order valence-corrected chi connectivity index (χ2v) is 4.53. The number of hydrogen-bond acceptors (Lipinski definition) is 1. The van der Waals surface area contributed by atoms with E-state index in [0.717, 1.165) is 5.92 Å². The molecule has 3 saturated heterocycles. The summed E-state index contributed by atoms with van der Waals surface area (Å²) in [5.74, 6) is 1.46. The van der Waals surface area contributed by atoms with Crippen molar-refractivity contribution in [1.82, 2.24) is 0 Å². The lowest BCUT2D eigenvalue weighted by Gasteiger charge is -2.50. The van der Waals surface area contributed by atoms with Crippen LogP contribution in [-0.2, 0) is 0 Å². The van der Waals surface area contributed by atoms with Crippen molar-refractivity contribution in [2.24, 2.45) is 11.8 Å². The molecule has 0 saturated carbocycles. The third-order valence-corrected chi connectivity index (χ3v) is 3.66. The van der Waals surface area contributed by atoms with Crippen LogP contribution in [-0.4, -0.2) is 42.9 Å². The normalized spacial score (nSPS) is 49.6. The number of aliphatic hydroxyl groups excluding tert-OH is 1. The number of quaternary nitrogens is 1. The molecule has 0 aromatic carbocycles. The molecule has 3 fully saturated rings. The lowest BCUT2D eigenvalue weighted by atomic mass is 9.78. The van der Waals surface area contributed by atoms with E-state index in [2.05, 4.69) is 7.05 Å². The van der Waals surface area contributed by atoms with E-state index < -0.39 is 0 Å². The fourth-order valence-electron chi connectivity index (χ4n) is 2.79. The average Bonchev–Trinajstić information content (AvgIpc) is 2.04. The fourth-order valence-corrected chi connectivity index (χ4v) is 2.79. The molecule has 1 atom stereocenters. The predicted molar refractivity (Wildman–Crippen MR) is 44.1 cm³/mol. The largest absolute Gasteiger partial charge is 0.396 e. The number of hydrogen-bond donors (Lipinski definition) is 1. The second kappa shape index (κ2) is 2.46. The Morgan fingerprint density at radius 1 is 1.36 bits per heavy atom. The molecule has 64 valence electrons. The Hall–Kier alpha value is -0.0800. The summed E-state index contributed by atoms with van der Waals surface area (Å²) in [6.45, 7) is 4.34. The van der Waals surface area contributed by atoms with Gasteiger partial charge in [-0.1, -0.05) is 0 Å². The summed E-state index contributed by atoms with van der Waals surface area (Å²) in [5.41, 5.74) is 0. The van der Waals surface area contributed by atoms with Crippen molar-refractivity contribution in [3.05, 3.63) is 0 Å². The van der Waals surface area contributed by atoms with Crippen molar-refractivity contribution in [3.8, 4) is 0 Å². The molecule has 0 aromatic rings. The van der Waals surface area contributed by atoms with E-state index in [-0.39, 0.29) is 0 Å². The molecule has 3 aliphatic heterocycles. The standard InChI is InChI=1S/C9H18NO/c1-10-4-2-8(3-5-10)9(6-10)7-11/h8-9,11H,2-7H2,1H3/q+1. The smallest absolute Gasteiger partial charge is 0.0838 e. The molecule has 2 bridgehead atoms. The summed E-state index contributed by atoms with van der Waals surface area (Å²) >= 11 is 0. The van der Waals surface area contributed by atoms with E-state index in [9.17, 15) is 0 Å². The van der Waals surface area contributed by atoms with Crippen molar-refractivity contribution in [3.63, 3.8) is 0 Å². The van der Waals surface area contributed by atoms with Crippen LogP contribution in [0, 0.1) is 11.8 Å². The molecule has 0 radical (unpaired) electrons. The summed E-state index contributed by atoms with van der Waals surface area (Å²) < 4.78 is 1.22. The van der Waals surface area contributed by atoms with Gasteiger partial charge in [-0.25, -0.2) is 0 Å². The Morgan fingerprint density at radius 2 is 2.00 bits per heavy atom. The van der Waals surface area contributed by atoms with E-state index >= 15 is 0 Å². The van der Waals surface area contributed by atoms with E-state index in [1.807, 2.05) is 0 Å². The molecule has 2 nitrogen and oxygen atoms in total. The highest BCUT2D eigenvalue weighted by Gasteiger charge is 2.42. The number of aliphatic hydroxyl groups is 1. The SMILES string of the molecule is C[N+]12CCC(CC1)C(CO)C2. The quantitative estimate of drug-likeness (QED) is 0.547. The molecule has 1 unspecified atom stereocenters. The molecular formula is C9H18NO+. The van der Waals surface area contributed by atoms with Gasteiger partial charge in [0, 0.05) is 18.8 Å². The van der Waals surface area contributed by atoms with E-state index in [1.54, 1.807) is 0 Å². The Morgan fingerprint density at radius 3 is 2.36 bits per heavy atom. The molecule has 0 aromatic heterocycles. The molecule has 3 rings (SSSR count). The fraction of sp³-hybridized carbons (Fsp3) is 1.00. The first-order valence-corrected chi connectivity index (χ1v) is 4.68. The Kier molecular flexibility index (Phi) is 1.69. The monoisotopic (exact) mass is 156 g/mol. The molecule has 11 heavy (non-hydrogen) atoms. The highest BCUT2D eigenvalue weighted by molar-refractivity contribution is 4.78. The van der Waals surface area contributed by atoms with Crippen molar-refractivity contribution in [2.75, 3.05) is 33.3 Å². The van der Waals surface area contributed by atoms with Crippen LogP contribution in [0.4, 0.5) is 0 Å². The minimum absolute atomic E-state index is 0.415. The van der Waals surface area contributed by atoms with Crippen LogP contribution >= 0.6 is 0 Å². The number of piperidine rings is 3. The summed E-state index contributed by atoms with van der Waals surface area (Å²) in [6.07, 6.45) is 2.70. The van der Waals surface area contributed by atoms with Gasteiger partial charge in [-0.2, -0.15) is 0 Å². The first-order valence-electron chi connectivity index (χ1n) is 4.68. The Balaban J connectivity index is 2.09. The predicted octanol–water partition coefficient (Wildman–Crippen LogP) is 0.465. The number of nitrogens with zero attached hydrogens (tertiary/aromatic N) is 1. The van der Waals surface area contributed by atoms with Gasteiger partial charge in [0.2, 0.25) is 0 Å². The zero-order valence-electron chi connectivity index (χ0n) is 7.29. The molecule has 0 aliphatic carbocycles. The maximum atomic E-state index is 9.12. The maximum absolute atomic E-state index is 9.12. The van der Waals surface area contributed by atoms with Gasteiger partial charge in [-0.15, -0.1) is 0 Å². The van der Waals surface area contributed by atoms with Crippen LogP contribution < -0.4 is 0 Å². The number of rotatable bonds is 1. The van der Waals surface area contributed by atoms with Crippen LogP contribution in [0.25, 0.3) is 0 Å². The Bertz CT molecular complexity index is 150. The summed E-state index contributed by atoms with van der Waals surface area (Å²) in [6, 6.07) is 0. The lowest BCUT2D eigenvalue weighted by molar-refractivity contribution is -0.929. The molecule has 0 spiro atoms. The highest BCUT2D eigenvalue weighted by atomic mass is 16.3.